The standard InChI is InChI=1S/C12H13BrClNO4S/c1-8-10(13)6-9(7-11(8)20(14,17)18)12(16)15-2-4-19-5-3-15/h6-7H,2-5H2,1H3. The lowest BCUT2D eigenvalue weighted by Gasteiger charge is -2.27. The van der Waals surface area contributed by atoms with Crippen molar-refractivity contribution in [2.75, 3.05) is 26.3 Å². The zero-order valence-electron chi connectivity index (χ0n) is 10.7. The van der Waals surface area contributed by atoms with Crippen molar-refractivity contribution in [3.63, 3.8) is 0 Å². The molecule has 0 saturated carbocycles. The van der Waals surface area contributed by atoms with Gasteiger partial charge in [0.1, 0.15) is 0 Å². The van der Waals surface area contributed by atoms with E-state index >= 15 is 0 Å². The second-order valence-electron chi connectivity index (χ2n) is 4.42. The van der Waals surface area contributed by atoms with E-state index in [0.29, 0.717) is 41.9 Å². The third kappa shape index (κ3) is 3.33. The molecule has 1 amide bonds. The van der Waals surface area contributed by atoms with Gasteiger partial charge in [-0.2, -0.15) is 0 Å². The van der Waals surface area contributed by atoms with E-state index in [2.05, 4.69) is 15.9 Å². The molecule has 1 aromatic carbocycles. The van der Waals surface area contributed by atoms with Gasteiger partial charge in [0.15, 0.2) is 0 Å². The zero-order chi connectivity index (χ0) is 14.9. The number of halogens is 2. The Morgan fingerprint density at radius 1 is 1.35 bits per heavy atom. The molecular formula is C12H13BrClNO4S. The van der Waals surface area contributed by atoms with Crippen molar-refractivity contribution in [1.82, 2.24) is 4.90 Å². The van der Waals surface area contributed by atoms with Crippen molar-refractivity contribution < 1.29 is 17.9 Å². The largest absolute Gasteiger partial charge is 0.378 e. The molecule has 1 aliphatic rings. The van der Waals surface area contributed by atoms with Gasteiger partial charge in [-0.3, -0.25) is 4.79 Å². The average Bonchev–Trinajstić information content (AvgIpc) is 2.40. The summed E-state index contributed by atoms with van der Waals surface area (Å²) in [5.41, 5.74) is 0.780. The van der Waals surface area contributed by atoms with Gasteiger partial charge in [-0.05, 0) is 24.6 Å². The lowest BCUT2D eigenvalue weighted by atomic mass is 10.1. The summed E-state index contributed by atoms with van der Waals surface area (Å²) in [5, 5.41) is 0. The highest BCUT2D eigenvalue weighted by molar-refractivity contribution is 9.10. The number of carbonyl (C=O) groups excluding carboxylic acids is 1. The molecular weight excluding hydrogens is 370 g/mol. The van der Waals surface area contributed by atoms with Crippen molar-refractivity contribution in [3.8, 4) is 0 Å². The first-order valence-electron chi connectivity index (χ1n) is 5.92. The van der Waals surface area contributed by atoms with Gasteiger partial charge in [0.05, 0.1) is 18.1 Å². The van der Waals surface area contributed by atoms with Gasteiger partial charge in [0.2, 0.25) is 0 Å². The van der Waals surface area contributed by atoms with Crippen LogP contribution >= 0.6 is 26.6 Å². The van der Waals surface area contributed by atoms with Gasteiger partial charge in [-0.15, -0.1) is 0 Å². The zero-order valence-corrected chi connectivity index (χ0v) is 13.9. The Bertz CT molecular complexity index is 641. The van der Waals surface area contributed by atoms with Crippen molar-refractivity contribution in [2.45, 2.75) is 11.8 Å². The third-order valence-corrected chi connectivity index (χ3v) is 5.38. The van der Waals surface area contributed by atoms with E-state index in [-0.39, 0.29) is 10.8 Å². The van der Waals surface area contributed by atoms with Gasteiger partial charge < -0.3 is 9.64 Å². The number of rotatable bonds is 2. The van der Waals surface area contributed by atoms with Crippen LogP contribution in [0.25, 0.3) is 0 Å². The molecule has 110 valence electrons. The molecule has 0 spiro atoms. The van der Waals surface area contributed by atoms with Gasteiger partial charge in [0.25, 0.3) is 15.0 Å². The Hall–Kier alpha value is -0.630. The molecule has 0 aliphatic carbocycles. The van der Waals surface area contributed by atoms with Crippen LogP contribution in [0.15, 0.2) is 21.5 Å². The van der Waals surface area contributed by atoms with E-state index in [0.717, 1.165) is 0 Å². The van der Waals surface area contributed by atoms with Gasteiger partial charge in [-0.1, -0.05) is 15.9 Å². The Labute approximate surface area is 130 Å². The SMILES string of the molecule is Cc1c(Br)cc(C(=O)N2CCOCC2)cc1S(=O)(=O)Cl. The summed E-state index contributed by atoms with van der Waals surface area (Å²) in [5.74, 6) is -0.226. The fraction of sp³-hybridized carbons (Fsp3) is 0.417. The predicted molar refractivity (Wildman–Crippen MR) is 78.6 cm³/mol. The highest BCUT2D eigenvalue weighted by atomic mass is 79.9. The molecule has 5 nitrogen and oxygen atoms in total. The maximum atomic E-state index is 12.4. The summed E-state index contributed by atoms with van der Waals surface area (Å²) in [4.78, 5) is 13.9. The van der Waals surface area contributed by atoms with Crippen molar-refractivity contribution in [1.29, 1.82) is 0 Å². The molecule has 0 atom stereocenters. The Morgan fingerprint density at radius 3 is 2.50 bits per heavy atom. The van der Waals surface area contributed by atoms with E-state index < -0.39 is 9.05 Å². The number of ether oxygens (including phenoxy) is 1. The van der Waals surface area contributed by atoms with Gasteiger partial charge >= 0.3 is 0 Å². The second kappa shape index (κ2) is 6.01. The molecule has 1 fully saturated rings. The van der Waals surface area contributed by atoms with Gasteiger partial charge in [0, 0.05) is 33.8 Å². The first kappa shape index (κ1) is 15.8. The van der Waals surface area contributed by atoms with Crippen LogP contribution in [0.5, 0.6) is 0 Å². The Balaban J connectivity index is 2.42. The van der Waals surface area contributed by atoms with Crippen LogP contribution in [-0.2, 0) is 13.8 Å². The monoisotopic (exact) mass is 381 g/mol. The maximum Gasteiger partial charge on any atom is 0.261 e. The van der Waals surface area contributed by atoms with Crippen molar-refractivity contribution in [2.24, 2.45) is 0 Å². The first-order chi connectivity index (χ1) is 9.30. The summed E-state index contributed by atoms with van der Waals surface area (Å²) in [6.07, 6.45) is 0. The Kier molecular flexibility index (Phi) is 4.73. The van der Waals surface area contributed by atoms with Crippen LogP contribution in [0.3, 0.4) is 0 Å². The number of hydrogen-bond acceptors (Lipinski definition) is 4. The number of benzene rings is 1. The lowest BCUT2D eigenvalue weighted by molar-refractivity contribution is 0.0302. The molecule has 0 radical (unpaired) electrons. The molecule has 2 rings (SSSR count). The van der Waals surface area contributed by atoms with Crippen LogP contribution in [0.2, 0.25) is 0 Å². The molecule has 1 heterocycles. The number of amides is 1. The van der Waals surface area contributed by atoms with E-state index in [4.69, 9.17) is 15.4 Å². The van der Waals surface area contributed by atoms with Crippen LogP contribution < -0.4 is 0 Å². The summed E-state index contributed by atoms with van der Waals surface area (Å²) < 4.78 is 28.8. The molecule has 20 heavy (non-hydrogen) atoms. The second-order valence-corrected chi connectivity index (χ2v) is 7.81. The average molecular weight is 383 g/mol. The summed E-state index contributed by atoms with van der Waals surface area (Å²) in [7, 11) is 1.51. The molecule has 1 saturated heterocycles. The number of morpholine rings is 1. The molecule has 8 heteroatoms. The summed E-state index contributed by atoms with van der Waals surface area (Å²) in [6.45, 7) is 3.59. The normalized spacial score (nSPS) is 16.2. The van der Waals surface area contributed by atoms with Crippen molar-refractivity contribution >= 4 is 41.6 Å². The highest BCUT2D eigenvalue weighted by Gasteiger charge is 2.23. The van der Waals surface area contributed by atoms with Crippen molar-refractivity contribution in [3.05, 3.63) is 27.7 Å². The highest BCUT2D eigenvalue weighted by Crippen LogP contribution is 2.28. The third-order valence-electron chi connectivity index (χ3n) is 3.10. The number of hydrogen-bond donors (Lipinski definition) is 0. The summed E-state index contributed by atoms with van der Waals surface area (Å²) >= 11 is 3.26. The minimum atomic E-state index is -3.90. The minimum absolute atomic E-state index is 0.0508. The fourth-order valence-corrected chi connectivity index (χ4v) is 3.80. The fourth-order valence-electron chi connectivity index (χ4n) is 1.98. The topological polar surface area (TPSA) is 63.7 Å². The molecule has 0 unspecified atom stereocenters. The van der Waals surface area contributed by atoms with E-state index in [9.17, 15) is 13.2 Å². The van der Waals surface area contributed by atoms with Crippen LogP contribution in [0.4, 0.5) is 0 Å². The van der Waals surface area contributed by atoms with Gasteiger partial charge in [-0.25, -0.2) is 8.42 Å². The Morgan fingerprint density at radius 2 is 1.95 bits per heavy atom. The van der Waals surface area contributed by atoms with E-state index in [1.165, 1.54) is 6.07 Å². The van der Waals surface area contributed by atoms with Crippen LogP contribution in [0, 0.1) is 6.92 Å². The quantitative estimate of drug-likeness (QED) is 0.735. The molecule has 1 aromatic rings. The minimum Gasteiger partial charge on any atom is -0.378 e. The number of carbonyl (C=O) groups is 1. The predicted octanol–water partition coefficient (Wildman–Crippen LogP) is 2.16. The molecule has 1 aliphatic heterocycles. The smallest absolute Gasteiger partial charge is 0.261 e. The van der Waals surface area contributed by atoms with E-state index in [1.807, 2.05) is 0 Å². The van der Waals surface area contributed by atoms with Crippen LogP contribution in [-0.4, -0.2) is 45.5 Å². The first-order valence-corrected chi connectivity index (χ1v) is 9.03. The maximum absolute atomic E-state index is 12.4. The molecule has 0 aromatic heterocycles. The number of nitrogens with zero attached hydrogens (tertiary/aromatic N) is 1. The van der Waals surface area contributed by atoms with E-state index in [1.54, 1.807) is 17.9 Å². The van der Waals surface area contributed by atoms with Crippen LogP contribution in [0.1, 0.15) is 15.9 Å². The summed E-state index contributed by atoms with van der Waals surface area (Å²) in [6, 6.07) is 2.93. The lowest BCUT2D eigenvalue weighted by Crippen LogP contribution is -2.40. The molecule has 0 bridgehead atoms. The molecule has 0 N–H and O–H groups in total.